The van der Waals surface area contributed by atoms with E-state index in [1.165, 1.54) is 4.31 Å². The Morgan fingerprint density at radius 1 is 1.06 bits per heavy atom. The Bertz CT molecular complexity index is 1000. The minimum absolute atomic E-state index is 0.236. The van der Waals surface area contributed by atoms with Gasteiger partial charge in [-0.1, -0.05) is 18.2 Å². The third-order valence-corrected chi connectivity index (χ3v) is 8.09. The summed E-state index contributed by atoms with van der Waals surface area (Å²) in [5.41, 5.74) is 1.13. The Labute approximate surface area is 202 Å². The monoisotopic (exact) mass is 490 g/mol. The van der Waals surface area contributed by atoms with Crippen LogP contribution in [0.1, 0.15) is 18.4 Å². The van der Waals surface area contributed by atoms with Crippen molar-refractivity contribution >= 4 is 10.0 Å². The molecule has 0 N–H and O–H groups in total. The van der Waals surface area contributed by atoms with Crippen molar-refractivity contribution in [1.82, 2.24) is 9.21 Å². The Kier molecular flexibility index (Phi) is 8.80. The van der Waals surface area contributed by atoms with Crippen LogP contribution in [-0.2, 0) is 26.0 Å². The molecule has 2 heterocycles. The Morgan fingerprint density at radius 2 is 1.82 bits per heavy atom. The molecule has 0 aliphatic carbocycles. The van der Waals surface area contributed by atoms with E-state index in [9.17, 15) is 8.42 Å². The van der Waals surface area contributed by atoms with Crippen LogP contribution in [0.3, 0.4) is 0 Å². The van der Waals surface area contributed by atoms with E-state index < -0.39 is 10.0 Å². The third-order valence-electron chi connectivity index (χ3n) is 6.18. The highest BCUT2D eigenvalue weighted by Crippen LogP contribution is 2.23. The molecule has 186 valence electrons. The zero-order valence-electron chi connectivity index (χ0n) is 19.7. The average Bonchev–Trinajstić information content (AvgIpc) is 3.38. The summed E-state index contributed by atoms with van der Waals surface area (Å²) in [6, 6.07) is 14.7. The standard InChI is InChI=1S/C25H34N2O6S/c1-30-25-7-3-2-5-21(25)19-26(20-23-6-4-15-32-23)12-18-33-22-8-10-24(11-9-22)34(28,29)27-13-16-31-17-14-27/h2-3,5,7-11,23H,4,6,12-20H2,1H3. The van der Waals surface area contributed by atoms with Crippen molar-refractivity contribution in [3.63, 3.8) is 0 Å². The number of hydrogen-bond acceptors (Lipinski definition) is 7. The number of sulfonamides is 1. The normalized spacial score (nSPS) is 19.4. The predicted octanol–water partition coefficient (Wildman–Crippen LogP) is 2.78. The fourth-order valence-electron chi connectivity index (χ4n) is 4.32. The maximum atomic E-state index is 12.8. The van der Waals surface area contributed by atoms with Crippen LogP contribution in [0.2, 0.25) is 0 Å². The van der Waals surface area contributed by atoms with Crippen molar-refractivity contribution in [1.29, 1.82) is 0 Å². The van der Waals surface area contributed by atoms with E-state index >= 15 is 0 Å². The van der Waals surface area contributed by atoms with Gasteiger partial charge >= 0.3 is 0 Å². The van der Waals surface area contributed by atoms with Gasteiger partial charge in [-0.2, -0.15) is 4.31 Å². The fraction of sp³-hybridized carbons (Fsp3) is 0.520. The summed E-state index contributed by atoms with van der Waals surface area (Å²) in [7, 11) is -1.81. The van der Waals surface area contributed by atoms with Crippen molar-refractivity contribution in [2.75, 3.05) is 59.7 Å². The maximum absolute atomic E-state index is 12.8. The van der Waals surface area contributed by atoms with Gasteiger partial charge in [-0.15, -0.1) is 0 Å². The second-order valence-corrected chi connectivity index (χ2v) is 10.5. The van der Waals surface area contributed by atoms with Gasteiger partial charge in [0.25, 0.3) is 0 Å². The molecule has 34 heavy (non-hydrogen) atoms. The van der Waals surface area contributed by atoms with Gasteiger partial charge in [0.2, 0.25) is 10.0 Å². The lowest BCUT2D eigenvalue weighted by Crippen LogP contribution is -2.40. The molecule has 1 unspecified atom stereocenters. The summed E-state index contributed by atoms with van der Waals surface area (Å²) in [6.07, 6.45) is 2.41. The molecule has 0 saturated carbocycles. The number of ether oxygens (including phenoxy) is 4. The molecule has 2 fully saturated rings. The van der Waals surface area contributed by atoms with Crippen LogP contribution in [0.25, 0.3) is 0 Å². The molecule has 0 radical (unpaired) electrons. The zero-order chi connectivity index (χ0) is 23.8. The first-order valence-electron chi connectivity index (χ1n) is 11.8. The second-order valence-electron chi connectivity index (χ2n) is 8.52. The van der Waals surface area contributed by atoms with E-state index in [1.54, 1.807) is 31.4 Å². The van der Waals surface area contributed by atoms with Gasteiger partial charge in [-0.05, 0) is 43.2 Å². The number of methoxy groups -OCH3 is 1. The third kappa shape index (κ3) is 6.49. The zero-order valence-corrected chi connectivity index (χ0v) is 20.5. The van der Waals surface area contributed by atoms with Crippen LogP contribution in [0.4, 0.5) is 0 Å². The van der Waals surface area contributed by atoms with Crippen LogP contribution in [0.5, 0.6) is 11.5 Å². The summed E-state index contributed by atoms with van der Waals surface area (Å²) in [5, 5.41) is 0. The SMILES string of the molecule is COc1ccccc1CN(CCOc1ccc(S(=O)(=O)N2CCOCC2)cc1)CC1CCCO1. The topological polar surface area (TPSA) is 77.5 Å². The van der Waals surface area contributed by atoms with Crippen molar-refractivity contribution in [3.8, 4) is 11.5 Å². The largest absolute Gasteiger partial charge is 0.496 e. The van der Waals surface area contributed by atoms with Gasteiger partial charge in [-0.25, -0.2) is 8.42 Å². The van der Waals surface area contributed by atoms with Gasteiger partial charge in [-0.3, -0.25) is 4.90 Å². The van der Waals surface area contributed by atoms with Gasteiger partial charge < -0.3 is 18.9 Å². The van der Waals surface area contributed by atoms with Crippen molar-refractivity contribution in [2.24, 2.45) is 0 Å². The van der Waals surface area contributed by atoms with Crippen LogP contribution >= 0.6 is 0 Å². The first-order valence-corrected chi connectivity index (χ1v) is 13.3. The second kappa shape index (κ2) is 12.0. The first kappa shape index (κ1) is 24.9. The van der Waals surface area contributed by atoms with Crippen LogP contribution in [0.15, 0.2) is 53.4 Å². The van der Waals surface area contributed by atoms with E-state index in [1.807, 2.05) is 18.2 Å². The highest BCUT2D eigenvalue weighted by Gasteiger charge is 2.26. The van der Waals surface area contributed by atoms with Crippen molar-refractivity contribution in [2.45, 2.75) is 30.4 Å². The minimum Gasteiger partial charge on any atom is -0.496 e. The number of rotatable bonds is 11. The van der Waals surface area contributed by atoms with Gasteiger partial charge in [0.1, 0.15) is 18.1 Å². The molecule has 4 rings (SSSR count). The van der Waals surface area contributed by atoms with E-state index in [0.29, 0.717) is 45.2 Å². The van der Waals surface area contributed by atoms with E-state index in [0.717, 1.165) is 43.9 Å². The number of nitrogens with zero attached hydrogens (tertiary/aromatic N) is 2. The summed E-state index contributed by atoms with van der Waals surface area (Å²) in [6.45, 7) is 5.21. The summed E-state index contributed by atoms with van der Waals surface area (Å²) >= 11 is 0. The molecule has 9 heteroatoms. The van der Waals surface area contributed by atoms with E-state index in [4.69, 9.17) is 18.9 Å². The smallest absolute Gasteiger partial charge is 0.243 e. The molecule has 0 amide bonds. The van der Waals surface area contributed by atoms with E-state index in [-0.39, 0.29) is 11.0 Å². The van der Waals surface area contributed by atoms with Gasteiger partial charge in [0, 0.05) is 44.9 Å². The van der Waals surface area contributed by atoms with Crippen LogP contribution in [-0.4, -0.2) is 83.4 Å². The lowest BCUT2D eigenvalue weighted by Gasteiger charge is -2.26. The van der Waals surface area contributed by atoms with Crippen molar-refractivity contribution in [3.05, 3.63) is 54.1 Å². The summed E-state index contributed by atoms with van der Waals surface area (Å²) in [4.78, 5) is 2.60. The average molecular weight is 491 g/mol. The van der Waals surface area contributed by atoms with Crippen LogP contribution < -0.4 is 9.47 Å². The van der Waals surface area contributed by atoms with Gasteiger partial charge in [0.05, 0.1) is 31.3 Å². The Morgan fingerprint density at radius 3 is 2.53 bits per heavy atom. The lowest BCUT2D eigenvalue weighted by molar-refractivity contribution is 0.0651. The summed E-state index contributed by atoms with van der Waals surface area (Å²) in [5.74, 6) is 1.52. The minimum atomic E-state index is -3.50. The summed E-state index contributed by atoms with van der Waals surface area (Å²) < 4.78 is 49.7. The number of benzene rings is 2. The molecule has 0 aromatic heterocycles. The molecule has 2 saturated heterocycles. The molecule has 0 spiro atoms. The number of morpholine rings is 1. The van der Waals surface area contributed by atoms with E-state index in [2.05, 4.69) is 11.0 Å². The highest BCUT2D eigenvalue weighted by atomic mass is 32.2. The quantitative estimate of drug-likeness (QED) is 0.479. The highest BCUT2D eigenvalue weighted by molar-refractivity contribution is 7.89. The molecule has 2 aromatic carbocycles. The Hall–Kier alpha value is -2.17. The fourth-order valence-corrected chi connectivity index (χ4v) is 5.73. The predicted molar refractivity (Wildman–Crippen MR) is 129 cm³/mol. The molecule has 2 aromatic rings. The molecule has 8 nitrogen and oxygen atoms in total. The molecule has 0 bridgehead atoms. The maximum Gasteiger partial charge on any atom is 0.243 e. The number of hydrogen-bond donors (Lipinski definition) is 0. The van der Waals surface area contributed by atoms with Crippen molar-refractivity contribution < 1.29 is 27.4 Å². The van der Waals surface area contributed by atoms with Crippen LogP contribution in [0, 0.1) is 0 Å². The lowest BCUT2D eigenvalue weighted by atomic mass is 10.1. The molecular formula is C25H34N2O6S. The molecule has 1 atom stereocenters. The number of para-hydroxylation sites is 1. The molecule has 2 aliphatic heterocycles. The first-order chi connectivity index (χ1) is 16.6. The van der Waals surface area contributed by atoms with Gasteiger partial charge in [0.15, 0.2) is 0 Å². The molecule has 2 aliphatic rings. The Balaban J connectivity index is 1.34. The molecular weight excluding hydrogens is 456 g/mol.